The summed E-state index contributed by atoms with van der Waals surface area (Å²) < 4.78 is 0. The molecule has 0 aliphatic carbocycles. The topological polar surface area (TPSA) is 75.1 Å². The molecule has 0 atom stereocenters. The van der Waals surface area contributed by atoms with Crippen LogP contribution in [0.5, 0.6) is 0 Å². The number of carboxylic acid groups (broad SMARTS) is 1. The van der Waals surface area contributed by atoms with Gasteiger partial charge in [0.1, 0.15) is 11.6 Å². The van der Waals surface area contributed by atoms with Crippen molar-refractivity contribution in [2.75, 3.05) is 5.32 Å². The van der Waals surface area contributed by atoms with E-state index in [1.54, 1.807) is 6.92 Å². The maximum absolute atomic E-state index is 10.9. The molecule has 98 valence electrons. The van der Waals surface area contributed by atoms with Gasteiger partial charge in [-0.1, -0.05) is 19.1 Å². The average molecular weight is 257 g/mol. The molecule has 1 aromatic carbocycles. The minimum absolute atomic E-state index is 0.0137. The lowest BCUT2D eigenvalue weighted by atomic mass is 10.1. The van der Waals surface area contributed by atoms with Gasteiger partial charge in [0, 0.05) is 11.8 Å². The summed E-state index contributed by atoms with van der Waals surface area (Å²) in [7, 11) is 0. The van der Waals surface area contributed by atoms with Gasteiger partial charge in [0.25, 0.3) is 0 Å². The summed E-state index contributed by atoms with van der Waals surface area (Å²) in [4.78, 5) is 18.9. The van der Waals surface area contributed by atoms with E-state index >= 15 is 0 Å². The number of nitrogens with one attached hydrogen (secondary N) is 1. The third-order valence-electron chi connectivity index (χ3n) is 2.69. The quantitative estimate of drug-likeness (QED) is 0.880. The maximum atomic E-state index is 10.9. The number of hydrogen-bond acceptors (Lipinski definition) is 4. The molecule has 0 fully saturated rings. The van der Waals surface area contributed by atoms with Crippen molar-refractivity contribution in [2.45, 2.75) is 20.3 Å². The maximum Gasteiger partial charge on any atom is 0.354 e. The van der Waals surface area contributed by atoms with Crippen LogP contribution in [0.4, 0.5) is 11.5 Å². The van der Waals surface area contributed by atoms with Gasteiger partial charge in [0.15, 0.2) is 5.69 Å². The van der Waals surface area contributed by atoms with Gasteiger partial charge in [-0.2, -0.15) is 0 Å². The number of anilines is 2. The van der Waals surface area contributed by atoms with E-state index in [4.69, 9.17) is 5.11 Å². The molecule has 0 aliphatic heterocycles. The first-order chi connectivity index (χ1) is 9.08. The van der Waals surface area contributed by atoms with Crippen molar-refractivity contribution in [3.63, 3.8) is 0 Å². The zero-order chi connectivity index (χ0) is 13.8. The Morgan fingerprint density at radius 2 is 1.95 bits per heavy atom. The first-order valence-electron chi connectivity index (χ1n) is 6.03. The molecule has 19 heavy (non-hydrogen) atoms. The van der Waals surface area contributed by atoms with Gasteiger partial charge in [0.2, 0.25) is 0 Å². The predicted octanol–water partition coefficient (Wildman–Crippen LogP) is 2.79. The molecule has 2 aromatic rings. The van der Waals surface area contributed by atoms with Gasteiger partial charge < -0.3 is 10.4 Å². The molecule has 0 saturated carbocycles. The minimum Gasteiger partial charge on any atom is -0.477 e. The minimum atomic E-state index is -1.06. The van der Waals surface area contributed by atoms with E-state index in [1.165, 1.54) is 11.6 Å². The molecule has 2 N–H and O–H groups in total. The Labute approximate surface area is 111 Å². The van der Waals surface area contributed by atoms with E-state index in [1.807, 2.05) is 24.3 Å². The van der Waals surface area contributed by atoms with E-state index < -0.39 is 5.97 Å². The second kappa shape index (κ2) is 5.48. The summed E-state index contributed by atoms with van der Waals surface area (Å²) in [6, 6.07) is 9.35. The Bertz CT molecular complexity index is 594. The third kappa shape index (κ3) is 3.28. The van der Waals surface area contributed by atoms with E-state index in [0.717, 1.165) is 12.1 Å². The normalized spacial score (nSPS) is 10.2. The third-order valence-corrected chi connectivity index (χ3v) is 2.69. The van der Waals surface area contributed by atoms with Crippen molar-refractivity contribution in [2.24, 2.45) is 0 Å². The molecular weight excluding hydrogens is 242 g/mol. The molecular formula is C14H15N3O2. The molecule has 0 bridgehead atoms. The van der Waals surface area contributed by atoms with Crippen LogP contribution >= 0.6 is 0 Å². The highest BCUT2D eigenvalue weighted by atomic mass is 16.4. The second-order valence-electron chi connectivity index (χ2n) is 4.17. The summed E-state index contributed by atoms with van der Waals surface area (Å²) in [6.07, 6.45) is 0.982. The lowest BCUT2D eigenvalue weighted by molar-refractivity contribution is 0.0690. The monoisotopic (exact) mass is 257 g/mol. The van der Waals surface area contributed by atoms with Crippen molar-refractivity contribution in [3.05, 3.63) is 47.4 Å². The smallest absolute Gasteiger partial charge is 0.354 e. The van der Waals surface area contributed by atoms with Crippen LogP contribution in [0, 0.1) is 6.92 Å². The van der Waals surface area contributed by atoms with Gasteiger partial charge in [-0.25, -0.2) is 14.8 Å². The molecule has 0 aliphatic rings. The Balaban J connectivity index is 2.24. The molecule has 2 rings (SSSR count). The van der Waals surface area contributed by atoms with Crippen molar-refractivity contribution < 1.29 is 9.90 Å². The fraction of sp³-hybridized carbons (Fsp3) is 0.214. The molecule has 0 radical (unpaired) electrons. The number of carboxylic acids is 1. The zero-order valence-corrected chi connectivity index (χ0v) is 10.8. The highest BCUT2D eigenvalue weighted by Gasteiger charge is 2.08. The van der Waals surface area contributed by atoms with Crippen molar-refractivity contribution in [1.82, 2.24) is 9.97 Å². The van der Waals surface area contributed by atoms with Gasteiger partial charge in [-0.15, -0.1) is 0 Å². The van der Waals surface area contributed by atoms with Crippen LogP contribution in [0.1, 0.15) is 28.8 Å². The highest BCUT2D eigenvalue weighted by Crippen LogP contribution is 2.16. The van der Waals surface area contributed by atoms with Crippen LogP contribution in [-0.2, 0) is 6.42 Å². The Kier molecular flexibility index (Phi) is 3.75. The van der Waals surface area contributed by atoms with E-state index in [-0.39, 0.29) is 5.69 Å². The molecule has 1 aromatic heterocycles. The molecule has 0 spiro atoms. The Hall–Kier alpha value is -2.43. The number of aromatic nitrogens is 2. The van der Waals surface area contributed by atoms with Crippen LogP contribution in [0.2, 0.25) is 0 Å². The fourth-order valence-electron chi connectivity index (χ4n) is 1.71. The summed E-state index contributed by atoms with van der Waals surface area (Å²) in [6.45, 7) is 3.76. The Morgan fingerprint density at radius 3 is 2.53 bits per heavy atom. The first kappa shape index (κ1) is 13.0. The number of benzene rings is 1. The zero-order valence-electron chi connectivity index (χ0n) is 10.8. The summed E-state index contributed by atoms with van der Waals surface area (Å²) in [5.41, 5.74) is 2.10. The van der Waals surface area contributed by atoms with Crippen molar-refractivity contribution >= 4 is 17.5 Å². The molecule has 0 unspecified atom stereocenters. The number of rotatable bonds is 4. The number of hydrogen-bond donors (Lipinski definition) is 2. The van der Waals surface area contributed by atoms with Gasteiger partial charge >= 0.3 is 5.97 Å². The highest BCUT2D eigenvalue weighted by molar-refractivity contribution is 5.86. The number of aromatic carboxylic acids is 1. The molecule has 1 heterocycles. The van der Waals surface area contributed by atoms with Gasteiger partial charge in [0.05, 0.1) is 0 Å². The largest absolute Gasteiger partial charge is 0.477 e. The standard InChI is InChI=1S/C14H15N3O2/c1-3-10-4-6-11(7-5-10)17-13-8-12(14(18)19)15-9(2)16-13/h4-8H,3H2,1-2H3,(H,18,19)(H,15,16,17). The summed E-state index contributed by atoms with van der Waals surface area (Å²) in [5, 5.41) is 12.0. The first-order valence-corrected chi connectivity index (χ1v) is 6.03. The SMILES string of the molecule is CCc1ccc(Nc2cc(C(=O)O)nc(C)n2)cc1. The number of nitrogens with zero attached hydrogens (tertiary/aromatic N) is 2. The molecule has 5 heteroatoms. The molecule has 5 nitrogen and oxygen atoms in total. The average Bonchev–Trinajstić information content (AvgIpc) is 2.39. The fourth-order valence-corrected chi connectivity index (χ4v) is 1.71. The van der Waals surface area contributed by atoms with E-state index in [9.17, 15) is 4.79 Å². The van der Waals surface area contributed by atoms with Crippen LogP contribution in [0.3, 0.4) is 0 Å². The predicted molar refractivity (Wildman–Crippen MR) is 72.8 cm³/mol. The lowest BCUT2D eigenvalue weighted by Crippen LogP contribution is -2.05. The van der Waals surface area contributed by atoms with Crippen molar-refractivity contribution in [1.29, 1.82) is 0 Å². The van der Waals surface area contributed by atoms with E-state index in [0.29, 0.717) is 11.6 Å². The van der Waals surface area contributed by atoms with Crippen LogP contribution in [0.25, 0.3) is 0 Å². The Morgan fingerprint density at radius 1 is 1.26 bits per heavy atom. The lowest BCUT2D eigenvalue weighted by Gasteiger charge is -2.07. The summed E-state index contributed by atoms with van der Waals surface area (Å²) in [5.74, 6) is -0.156. The van der Waals surface area contributed by atoms with Crippen LogP contribution < -0.4 is 5.32 Å². The number of carbonyl (C=O) groups is 1. The second-order valence-corrected chi connectivity index (χ2v) is 4.17. The van der Waals surface area contributed by atoms with Gasteiger partial charge in [-0.3, -0.25) is 0 Å². The molecule has 0 amide bonds. The van der Waals surface area contributed by atoms with E-state index in [2.05, 4.69) is 22.2 Å². The van der Waals surface area contributed by atoms with Gasteiger partial charge in [-0.05, 0) is 31.0 Å². The van der Waals surface area contributed by atoms with Crippen LogP contribution in [-0.4, -0.2) is 21.0 Å². The summed E-state index contributed by atoms with van der Waals surface area (Å²) >= 11 is 0. The van der Waals surface area contributed by atoms with Crippen LogP contribution in [0.15, 0.2) is 30.3 Å². The number of aryl methyl sites for hydroxylation is 2. The molecule has 0 saturated heterocycles. The van der Waals surface area contributed by atoms with Crippen molar-refractivity contribution in [3.8, 4) is 0 Å².